The molecule has 4 nitrogen and oxygen atoms in total. The van der Waals surface area contributed by atoms with E-state index in [-0.39, 0.29) is 11.3 Å². The molecule has 0 heterocycles. The van der Waals surface area contributed by atoms with E-state index in [4.69, 9.17) is 27.3 Å². The third kappa shape index (κ3) is 4.63. The smallest absolute Gasteiger partial charge is 0.144 e. The summed E-state index contributed by atoms with van der Waals surface area (Å²) in [6, 6.07) is 5.70. The summed E-state index contributed by atoms with van der Waals surface area (Å²) >= 11 is 6.07. The lowest BCUT2D eigenvalue weighted by atomic mass is 9.87. The Morgan fingerprint density at radius 3 is 2.74 bits per heavy atom. The van der Waals surface area contributed by atoms with Crippen molar-refractivity contribution in [1.29, 1.82) is 0 Å². The zero-order chi connectivity index (χ0) is 14.5. The van der Waals surface area contributed by atoms with E-state index in [9.17, 15) is 0 Å². The van der Waals surface area contributed by atoms with Crippen molar-refractivity contribution in [2.75, 3.05) is 6.61 Å². The molecule has 0 aromatic heterocycles. The third-order valence-electron chi connectivity index (χ3n) is 3.09. The topological polar surface area (TPSA) is 67.8 Å². The predicted molar refractivity (Wildman–Crippen MR) is 78.1 cm³/mol. The number of ether oxygens (including phenoxy) is 1. The maximum absolute atomic E-state index is 8.68. The van der Waals surface area contributed by atoms with Crippen LogP contribution >= 0.6 is 11.6 Å². The van der Waals surface area contributed by atoms with E-state index >= 15 is 0 Å². The van der Waals surface area contributed by atoms with Crippen molar-refractivity contribution >= 4 is 17.4 Å². The molecule has 3 N–H and O–H groups in total. The van der Waals surface area contributed by atoms with Crippen molar-refractivity contribution in [2.24, 2.45) is 16.3 Å². The summed E-state index contributed by atoms with van der Waals surface area (Å²) in [5.74, 6) is 0.926. The van der Waals surface area contributed by atoms with Gasteiger partial charge in [-0.05, 0) is 37.5 Å². The van der Waals surface area contributed by atoms with E-state index in [0.717, 1.165) is 18.4 Å². The van der Waals surface area contributed by atoms with Crippen LogP contribution in [0.25, 0.3) is 0 Å². The summed E-state index contributed by atoms with van der Waals surface area (Å²) in [4.78, 5) is 0. The van der Waals surface area contributed by atoms with Crippen molar-refractivity contribution in [2.45, 2.75) is 33.6 Å². The molecule has 0 saturated carbocycles. The summed E-state index contributed by atoms with van der Waals surface area (Å²) in [7, 11) is 0. The normalized spacial score (nSPS) is 12.5. The third-order valence-corrected chi connectivity index (χ3v) is 3.39. The second-order valence-electron chi connectivity index (χ2n) is 5.26. The number of nitrogens with zero attached hydrogens (tertiary/aromatic N) is 1. The zero-order valence-electron chi connectivity index (χ0n) is 11.6. The molecule has 106 valence electrons. The van der Waals surface area contributed by atoms with Crippen LogP contribution in [0.5, 0.6) is 5.75 Å². The summed E-state index contributed by atoms with van der Waals surface area (Å²) in [6.07, 6.45) is 1.57. The highest BCUT2D eigenvalue weighted by molar-refractivity contribution is 6.32. The first-order chi connectivity index (χ1) is 8.86. The minimum absolute atomic E-state index is 0.237. The molecule has 1 aromatic rings. The van der Waals surface area contributed by atoms with E-state index < -0.39 is 0 Å². The minimum atomic E-state index is -0.338. The van der Waals surface area contributed by atoms with Crippen LogP contribution in [-0.4, -0.2) is 17.6 Å². The monoisotopic (exact) mass is 284 g/mol. The lowest BCUT2D eigenvalue weighted by Gasteiger charge is -2.22. The Kier molecular flexibility index (Phi) is 5.48. The molecule has 0 aliphatic heterocycles. The van der Waals surface area contributed by atoms with Gasteiger partial charge in [-0.15, -0.1) is 0 Å². The van der Waals surface area contributed by atoms with Gasteiger partial charge in [0.2, 0.25) is 0 Å². The number of rotatable bonds is 6. The Bertz CT molecular complexity index is 459. The fourth-order valence-electron chi connectivity index (χ4n) is 1.68. The van der Waals surface area contributed by atoms with Gasteiger partial charge in [0.15, 0.2) is 0 Å². The zero-order valence-corrected chi connectivity index (χ0v) is 12.4. The van der Waals surface area contributed by atoms with Gasteiger partial charge < -0.3 is 15.7 Å². The molecule has 5 heteroatoms. The van der Waals surface area contributed by atoms with E-state index in [2.05, 4.69) is 5.16 Å². The molecule has 0 radical (unpaired) electrons. The lowest BCUT2D eigenvalue weighted by molar-refractivity contribution is 0.277. The van der Waals surface area contributed by atoms with Crippen LogP contribution in [0.4, 0.5) is 0 Å². The molecule has 1 aromatic carbocycles. The first-order valence-electron chi connectivity index (χ1n) is 6.24. The molecule has 0 fully saturated rings. The highest BCUT2D eigenvalue weighted by atomic mass is 35.5. The van der Waals surface area contributed by atoms with E-state index in [1.807, 2.05) is 39.0 Å². The van der Waals surface area contributed by atoms with Gasteiger partial charge in [0.1, 0.15) is 11.6 Å². The molecule has 0 aliphatic carbocycles. The Labute approximate surface area is 119 Å². The number of nitrogens with two attached hydrogens (primary N) is 1. The van der Waals surface area contributed by atoms with Crippen molar-refractivity contribution in [3.05, 3.63) is 28.8 Å². The highest BCUT2D eigenvalue weighted by Gasteiger charge is 2.22. The molecule has 0 saturated heterocycles. The second kappa shape index (κ2) is 6.66. The van der Waals surface area contributed by atoms with E-state index in [1.54, 1.807) is 0 Å². The average Bonchev–Trinajstić information content (AvgIpc) is 2.35. The van der Waals surface area contributed by atoms with Gasteiger partial charge >= 0.3 is 0 Å². The van der Waals surface area contributed by atoms with Gasteiger partial charge in [-0.25, -0.2) is 0 Å². The number of halogens is 1. The summed E-state index contributed by atoms with van der Waals surface area (Å²) in [6.45, 7) is 6.39. The molecule has 0 aliphatic rings. The summed E-state index contributed by atoms with van der Waals surface area (Å²) < 4.78 is 5.63. The summed E-state index contributed by atoms with van der Waals surface area (Å²) in [5, 5.41) is 12.4. The molecule has 1 rings (SSSR count). The molecule has 0 amide bonds. The molecule has 0 atom stereocenters. The van der Waals surface area contributed by atoms with Crippen LogP contribution in [0.1, 0.15) is 32.3 Å². The molecular formula is C14H21ClN2O2. The maximum atomic E-state index is 8.68. The van der Waals surface area contributed by atoms with Crippen molar-refractivity contribution in [3.63, 3.8) is 0 Å². The second-order valence-corrected chi connectivity index (χ2v) is 5.66. The number of hydrogen-bond donors (Lipinski definition) is 2. The van der Waals surface area contributed by atoms with Crippen LogP contribution in [0, 0.1) is 12.3 Å². The average molecular weight is 285 g/mol. The van der Waals surface area contributed by atoms with Gasteiger partial charge in [0, 0.05) is 5.41 Å². The Morgan fingerprint density at radius 2 is 2.16 bits per heavy atom. The van der Waals surface area contributed by atoms with Crippen LogP contribution in [0.2, 0.25) is 5.02 Å². The number of benzene rings is 1. The Hall–Kier alpha value is -1.42. The number of oxime groups is 1. The van der Waals surface area contributed by atoms with Gasteiger partial charge in [-0.1, -0.05) is 36.7 Å². The van der Waals surface area contributed by atoms with Crippen LogP contribution in [0.3, 0.4) is 0 Å². The molecule has 19 heavy (non-hydrogen) atoms. The Balaban J connectivity index is 2.43. The molecular weight excluding hydrogens is 264 g/mol. The minimum Gasteiger partial charge on any atom is -0.492 e. The van der Waals surface area contributed by atoms with Crippen LogP contribution < -0.4 is 10.5 Å². The first-order valence-corrected chi connectivity index (χ1v) is 6.61. The Morgan fingerprint density at radius 1 is 1.47 bits per heavy atom. The first kappa shape index (κ1) is 15.6. The van der Waals surface area contributed by atoms with Crippen molar-refractivity contribution < 1.29 is 9.94 Å². The van der Waals surface area contributed by atoms with Crippen molar-refractivity contribution in [3.8, 4) is 5.75 Å². The SMILES string of the molecule is Cc1ccc(OCCCC(C)(C)C(N)=NO)c(Cl)c1. The predicted octanol–water partition coefficient (Wildman–Crippen LogP) is 3.58. The summed E-state index contributed by atoms with van der Waals surface area (Å²) in [5.41, 5.74) is 6.39. The lowest BCUT2D eigenvalue weighted by Crippen LogP contribution is -2.32. The number of amidine groups is 1. The quantitative estimate of drug-likeness (QED) is 0.276. The van der Waals surface area contributed by atoms with Crippen LogP contribution in [0.15, 0.2) is 23.4 Å². The fraction of sp³-hybridized carbons (Fsp3) is 0.500. The standard InChI is InChI=1S/C14H21ClN2O2/c1-10-5-6-12(11(15)9-10)19-8-4-7-14(2,3)13(16)17-18/h5-6,9,18H,4,7-8H2,1-3H3,(H2,16,17). The van der Waals surface area contributed by atoms with E-state index in [0.29, 0.717) is 17.4 Å². The molecule has 0 unspecified atom stereocenters. The number of hydrogen-bond acceptors (Lipinski definition) is 3. The fourth-order valence-corrected chi connectivity index (χ4v) is 1.97. The largest absolute Gasteiger partial charge is 0.492 e. The number of aryl methyl sites for hydroxylation is 1. The van der Waals surface area contributed by atoms with Gasteiger partial charge in [-0.2, -0.15) is 0 Å². The van der Waals surface area contributed by atoms with Gasteiger partial charge in [0.25, 0.3) is 0 Å². The van der Waals surface area contributed by atoms with E-state index in [1.165, 1.54) is 0 Å². The van der Waals surface area contributed by atoms with Crippen molar-refractivity contribution in [1.82, 2.24) is 0 Å². The highest BCUT2D eigenvalue weighted by Crippen LogP contribution is 2.26. The molecule has 0 bridgehead atoms. The van der Waals surface area contributed by atoms with Gasteiger partial charge in [0.05, 0.1) is 11.6 Å². The van der Waals surface area contributed by atoms with Gasteiger partial charge in [-0.3, -0.25) is 0 Å². The molecule has 0 spiro atoms. The maximum Gasteiger partial charge on any atom is 0.144 e. The van der Waals surface area contributed by atoms with Crippen LogP contribution in [-0.2, 0) is 0 Å².